The van der Waals surface area contributed by atoms with Crippen molar-refractivity contribution in [2.45, 2.75) is 45.1 Å². The largest absolute Gasteiger partial charge is 0.342 e. The molecule has 0 radical (unpaired) electrons. The van der Waals surface area contributed by atoms with Gasteiger partial charge in [0.25, 0.3) is 0 Å². The Labute approximate surface area is 171 Å². The molecular formula is C24H28FN3O. The maximum atomic E-state index is 13.3. The number of halogens is 1. The third kappa shape index (κ3) is 5.31. The Morgan fingerprint density at radius 2 is 1.76 bits per heavy atom. The van der Waals surface area contributed by atoms with E-state index in [1.807, 2.05) is 17.8 Å². The molecule has 2 aromatic carbocycles. The van der Waals surface area contributed by atoms with Crippen molar-refractivity contribution in [3.8, 4) is 0 Å². The average Bonchev–Trinajstić information content (AvgIpc) is 3.10. The van der Waals surface area contributed by atoms with Crippen molar-refractivity contribution < 1.29 is 9.18 Å². The van der Waals surface area contributed by atoms with Gasteiger partial charge in [0.05, 0.1) is 0 Å². The first-order valence-corrected chi connectivity index (χ1v) is 9.85. The molecule has 1 atom stereocenters. The van der Waals surface area contributed by atoms with E-state index in [4.69, 9.17) is 0 Å². The number of imidazole rings is 1. The van der Waals surface area contributed by atoms with Gasteiger partial charge in [0.2, 0.25) is 5.91 Å². The van der Waals surface area contributed by atoms with Crippen LogP contribution in [0.15, 0.2) is 60.9 Å². The zero-order valence-corrected chi connectivity index (χ0v) is 17.4. The van der Waals surface area contributed by atoms with E-state index in [1.54, 1.807) is 18.3 Å². The number of rotatable bonds is 6. The lowest BCUT2D eigenvalue weighted by Crippen LogP contribution is -2.31. The van der Waals surface area contributed by atoms with E-state index in [1.165, 1.54) is 17.7 Å². The molecule has 0 fully saturated rings. The van der Waals surface area contributed by atoms with E-state index in [2.05, 4.69) is 55.3 Å². The molecule has 1 heterocycles. The van der Waals surface area contributed by atoms with Crippen molar-refractivity contribution >= 4 is 5.91 Å². The second kappa shape index (κ2) is 8.60. The summed E-state index contributed by atoms with van der Waals surface area (Å²) in [5.74, 6) is 0.332. The van der Waals surface area contributed by atoms with Crippen molar-refractivity contribution in [1.29, 1.82) is 0 Å². The van der Waals surface area contributed by atoms with Crippen molar-refractivity contribution in [1.82, 2.24) is 14.9 Å². The Hall–Kier alpha value is -2.95. The minimum Gasteiger partial charge on any atom is -0.342 e. The highest BCUT2D eigenvalue weighted by Gasteiger charge is 2.21. The summed E-state index contributed by atoms with van der Waals surface area (Å²) in [4.78, 5) is 17.1. The number of nitrogens with one attached hydrogen (secondary N) is 1. The number of hydrogen-bond acceptors (Lipinski definition) is 2. The van der Waals surface area contributed by atoms with E-state index >= 15 is 0 Å². The normalized spacial score (nSPS) is 12.6. The number of hydrogen-bond donors (Lipinski definition) is 1. The van der Waals surface area contributed by atoms with E-state index in [-0.39, 0.29) is 17.1 Å². The lowest BCUT2D eigenvalue weighted by atomic mass is 9.86. The van der Waals surface area contributed by atoms with Gasteiger partial charge in [-0.25, -0.2) is 9.37 Å². The fraction of sp³-hybridized carbons (Fsp3) is 0.333. The van der Waals surface area contributed by atoms with Crippen molar-refractivity contribution in [2.75, 3.05) is 0 Å². The standard InChI is InChI=1S/C24H28FN3O/c1-24(2,3)19-10-5-17(6-11-19)7-14-21(29)27-22(23-26-15-16-28(23)4)18-8-12-20(25)13-9-18/h5-6,8-13,15-16,22H,7,14H2,1-4H3,(H,27,29). The highest BCUT2D eigenvalue weighted by molar-refractivity contribution is 5.77. The lowest BCUT2D eigenvalue weighted by molar-refractivity contribution is -0.121. The Bertz CT molecular complexity index is 953. The highest BCUT2D eigenvalue weighted by atomic mass is 19.1. The molecule has 0 saturated carbocycles. The van der Waals surface area contributed by atoms with Crippen LogP contribution in [0.4, 0.5) is 4.39 Å². The van der Waals surface area contributed by atoms with Crippen LogP contribution in [0.1, 0.15) is 55.7 Å². The molecule has 0 saturated heterocycles. The Morgan fingerprint density at radius 1 is 1.10 bits per heavy atom. The van der Waals surface area contributed by atoms with Crippen LogP contribution in [-0.4, -0.2) is 15.5 Å². The van der Waals surface area contributed by atoms with Crippen LogP contribution < -0.4 is 5.32 Å². The topological polar surface area (TPSA) is 46.9 Å². The molecule has 0 aliphatic heterocycles. The number of carbonyl (C=O) groups excluding carboxylic acids is 1. The van der Waals surface area contributed by atoms with Crippen LogP contribution in [0, 0.1) is 5.82 Å². The third-order valence-corrected chi connectivity index (χ3v) is 5.09. The van der Waals surface area contributed by atoms with Crippen LogP contribution >= 0.6 is 0 Å². The summed E-state index contributed by atoms with van der Waals surface area (Å²) in [5.41, 5.74) is 3.31. The fourth-order valence-corrected chi connectivity index (χ4v) is 3.27. The highest BCUT2D eigenvalue weighted by Crippen LogP contribution is 2.23. The van der Waals surface area contributed by atoms with Crippen LogP contribution in [-0.2, 0) is 23.7 Å². The van der Waals surface area contributed by atoms with Crippen LogP contribution in [0.3, 0.4) is 0 Å². The monoisotopic (exact) mass is 393 g/mol. The van der Waals surface area contributed by atoms with Crippen molar-refractivity contribution in [3.05, 3.63) is 89.3 Å². The molecular weight excluding hydrogens is 365 g/mol. The van der Waals surface area contributed by atoms with Crippen LogP contribution in [0.2, 0.25) is 0 Å². The molecule has 29 heavy (non-hydrogen) atoms. The lowest BCUT2D eigenvalue weighted by Gasteiger charge is -2.20. The maximum absolute atomic E-state index is 13.3. The molecule has 3 rings (SSSR count). The summed E-state index contributed by atoms with van der Waals surface area (Å²) in [6.45, 7) is 6.55. The summed E-state index contributed by atoms with van der Waals surface area (Å²) in [6.07, 6.45) is 4.55. The molecule has 3 aromatic rings. The zero-order valence-electron chi connectivity index (χ0n) is 17.4. The number of benzene rings is 2. The van der Waals surface area contributed by atoms with Gasteiger partial charge < -0.3 is 9.88 Å². The summed E-state index contributed by atoms with van der Waals surface area (Å²) in [7, 11) is 1.88. The minimum atomic E-state index is -0.425. The Balaban J connectivity index is 1.69. The van der Waals surface area contributed by atoms with Crippen molar-refractivity contribution in [2.24, 2.45) is 7.05 Å². The fourth-order valence-electron chi connectivity index (χ4n) is 3.27. The first kappa shape index (κ1) is 20.8. The van der Waals surface area contributed by atoms with Gasteiger partial charge in [0, 0.05) is 25.9 Å². The summed E-state index contributed by atoms with van der Waals surface area (Å²) < 4.78 is 15.2. The van der Waals surface area contributed by atoms with E-state index in [0.717, 1.165) is 11.1 Å². The number of nitrogens with zero attached hydrogens (tertiary/aromatic N) is 2. The quantitative estimate of drug-likeness (QED) is 0.660. The predicted octanol–water partition coefficient (Wildman–Crippen LogP) is 4.70. The van der Waals surface area contributed by atoms with E-state index in [0.29, 0.717) is 18.7 Å². The second-order valence-electron chi connectivity index (χ2n) is 8.40. The molecule has 1 amide bonds. The van der Waals surface area contributed by atoms with E-state index < -0.39 is 6.04 Å². The van der Waals surface area contributed by atoms with Gasteiger partial charge >= 0.3 is 0 Å². The summed E-state index contributed by atoms with van der Waals surface area (Å²) in [6, 6.07) is 14.2. The van der Waals surface area contributed by atoms with Gasteiger partial charge in [0.15, 0.2) is 0 Å². The minimum absolute atomic E-state index is 0.0674. The van der Waals surface area contributed by atoms with Gasteiger partial charge in [-0.05, 0) is 40.7 Å². The molecule has 4 nitrogen and oxygen atoms in total. The molecule has 0 aliphatic rings. The maximum Gasteiger partial charge on any atom is 0.221 e. The number of carbonyl (C=O) groups is 1. The molecule has 0 bridgehead atoms. The van der Waals surface area contributed by atoms with Gasteiger partial charge in [-0.15, -0.1) is 0 Å². The molecule has 1 N–H and O–H groups in total. The van der Waals surface area contributed by atoms with Gasteiger partial charge in [-0.3, -0.25) is 4.79 Å². The first-order valence-electron chi connectivity index (χ1n) is 9.85. The second-order valence-corrected chi connectivity index (χ2v) is 8.40. The molecule has 1 unspecified atom stereocenters. The zero-order chi connectivity index (χ0) is 21.0. The first-order chi connectivity index (χ1) is 13.7. The van der Waals surface area contributed by atoms with E-state index in [9.17, 15) is 9.18 Å². The van der Waals surface area contributed by atoms with Gasteiger partial charge in [0.1, 0.15) is 17.7 Å². The third-order valence-electron chi connectivity index (χ3n) is 5.09. The summed E-state index contributed by atoms with van der Waals surface area (Å²) >= 11 is 0. The summed E-state index contributed by atoms with van der Waals surface area (Å²) in [5, 5.41) is 3.06. The average molecular weight is 394 g/mol. The Kier molecular flexibility index (Phi) is 6.16. The number of aromatic nitrogens is 2. The Morgan fingerprint density at radius 3 is 2.31 bits per heavy atom. The van der Waals surface area contributed by atoms with Crippen LogP contribution in [0.5, 0.6) is 0 Å². The molecule has 152 valence electrons. The van der Waals surface area contributed by atoms with Crippen LogP contribution in [0.25, 0.3) is 0 Å². The predicted molar refractivity (Wildman–Crippen MR) is 113 cm³/mol. The van der Waals surface area contributed by atoms with Crippen molar-refractivity contribution in [3.63, 3.8) is 0 Å². The molecule has 5 heteroatoms. The van der Waals surface area contributed by atoms with Gasteiger partial charge in [-0.2, -0.15) is 0 Å². The molecule has 0 spiro atoms. The van der Waals surface area contributed by atoms with Gasteiger partial charge in [-0.1, -0.05) is 57.2 Å². The molecule has 0 aliphatic carbocycles. The number of aryl methyl sites for hydroxylation is 2. The number of amides is 1. The molecule has 1 aromatic heterocycles. The smallest absolute Gasteiger partial charge is 0.221 e. The SMILES string of the molecule is Cn1ccnc1C(NC(=O)CCc1ccc(C(C)(C)C)cc1)c1ccc(F)cc1.